The van der Waals surface area contributed by atoms with Gasteiger partial charge in [0.2, 0.25) is 5.89 Å². The Hall–Kier alpha value is -1.82. The van der Waals surface area contributed by atoms with Crippen molar-refractivity contribution in [1.82, 2.24) is 10.2 Å². The molecule has 0 saturated carbocycles. The first kappa shape index (κ1) is 15.6. The minimum Gasteiger partial charge on any atom is -0.465 e. The largest absolute Gasteiger partial charge is 0.465 e. The van der Waals surface area contributed by atoms with Gasteiger partial charge in [0.05, 0.1) is 6.61 Å². The zero-order chi connectivity index (χ0) is 15.1. The van der Waals surface area contributed by atoms with E-state index in [1.54, 1.807) is 0 Å². The van der Waals surface area contributed by atoms with Gasteiger partial charge in [0.25, 0.3) is 5.22 Å². The molecular weight excluding hydrogens is 288 g/mol. The van der Waals surface area contributed by atoms with E-state index in [2.05, 4.69) is 10.2 Å². The summed E-state index contributed by atoms with van der Waals surface area (Å²) in [5.74, 6) is 0.387. The number of benzene rings is 1. The number of aromatic nitrogens is 2. The van der Waals surface area contributed by atoms with E-state index in [0.29, 0.717) is 17.7 Å². The second kappa shape index (κ2) is 7.83. The van der Waals surface area contributed by atoms with Crippen LogP contribution < -0.4 is 0 Å². The summed E-state index contributed by atoms with van der Waals surface area (Å²) in [6, 6.07) is 7.79. The van der Waals surface area contributed by atoms with Crippen molar-refractivity contribution in [3.63, 3.8) is 0 Å². The fourth-order valence-corrected chi connectivity index (χ4v) is 2.24. The molecule has 0 aliphatic carbocycles. The van der Waals surface area contributed by atoms with Crippen molar-refractivity contribution in [2.24, 2.45) is 0 Å². The van der Waals surface area contributed by atoms with Gasteiger partial charge in [-0.15, -0.1) is 10.2 Å². The molecule has 0 aliphatic heterocycles. The van der Waals surface area contributed by atoms with Crippen LogP contribution in [0.1, 0.15) is 25.3 Å². The third-order valence-electron chi connectivity index (χ3n) is 2.86. The Kier molecular flexibility index (Phi) is 5.80. The number of aryl methyl sites for hydroxylation is 1. The molecule has 6 heteroatoms. The highest BCUT2D eigenvalue weighted by Gasteiger charge is 2.12. The maximum atomic E-state index is 11.5. The first-order chi connectivity index (χ1) is 10.2. The molecule has 1 aromatic heterocycles. The van der Waals surface area contributed by atoms with E-state index in [1.165, 1.54) is 11.8 Å². The third kappa shape index (κ3) is 4.60. The van der Waals surface area contributed by atoms with E-state index in [9.17, 15) is 4.79 Å². The van der Waals surface area contributed by atoms with E-state index in [1.807, 2.05) is 38.1 Å². The van der Waals surface area contributed by atoms with Gasteiger partial charge < -0.3 is 9.15 Å². The maximum Gasteiger partial charge on any atom is 0.316 e. The zero-order valence-corrected chi connectivity index (χ0v) is 13.0. The van der Waals surface area contributed by atoms with Crippen molar-refractivity contribution in [1.29, 1.82) is 0 Å². The highest BCUT2D eigenvalue weighted by atomic mass is 32.2. The topological polar surface area (TPSA) is 65.2 Å². The van der Waals surface area contributed by atoms with Crippen LogP contribution in [-0.2, 0) is 9.53 Å². The predicted molar refractivity (Wildman–Crippen MR) is 81.1 cm³/mol. The number of esters is 1. The zero-order valence-electron chi connectivity index (χ0n) is 12.2. The van der Waals surface area contributed by atoms with Crippen LogP contribution in [0, 0.1) is 6.92 Å². The number of ether oxygens (including phenoxy) is 1. The lowest BCUT2D eigenvalue weighted by Crippen LogP contribution is -2.08. The molecule has 0 fully saturated rings. The Bertz CT molecular complexity index is 598. The minimum atomic E-state index is -0.260. The van der Waals surface area contributed by atoms with E-state index < -0.39 is 0 Å². The molecule has 0 aliphatic rings. The highest BCUT2D eigenvalue weighted by Crippen LogP contribution is 2.25. The number of rotatable bonds is 7. The summed E-state index contributed by atoms with van der Waals surface area (Å²) in [5.41, 5.74) is 1.97. The Labute approximate surface area is 128 Å². The Morgan fingerprint density at radius 1 is 1.33 bits per heavy atom. The van der Waals surface area contributed by atoms with Crippen molar-refractivity contribution in [2.45, 2.75) is 31.9 Å². The standard InChI is InChI=1S/C15H18N2O3S/c1-3-4-9-19-13(18)10-21-15-17-16-14(20-15)12-8-6-5-7-11(12)2/h5-8H,3-4,9-10H2,1-2H3. The molecule has 0 amide bonds. The third-order valence-corrected chi connectivity index (χ3v) is 3.65. The predicted octanol–water partition coefficient (Wildman–Crippen LogP) is 3.48. The van der Waals surface area contributed by atoms with E-state index in [-0.39, 0.29) is 11.7 Å². The minimum absolute atomic E-state index is 0.180. The summed E-state index contributed by atoms with van der Waals surface area (Å²) >= 11 is 1.19. The van der Waals surface area contributed by atoms with E-state index in [0.717, 1.165) is 24.0 Å². The van der Waals surface area contributed by atoms with Crippen LogP contribution in [0.2, 0.25) is 0 Å². The quantitative estimate of drug-likeness (QED) is 0.443. The Morgan fingerprint density at radius 2 is 2.14 bits per heavy atom. The molecule has 2 rings (SSSR count). The summed E-state index contributed by atoms with van der Waals surface area (Å²) < 4.78 is 10.6. The summed E-state index contributed by atoms with van der Waals surface area (Å²) in [6.45, 7) is 4.50. The number of nitrogens with zero attached hydrogens (tertiary/aromatic N) is 2. The van der Waals surface area contributed by atoms with Crippen LogP contribution in [0.15, 0.2) is 33.9 Å². The van der Waals surface area contributed by atoms with Gasteiger partial charge in [0, 0.05) is 5.56 Å². The molecule has 0 bridgehead atoms. The van der Waals surface area contributed by atoms with Crippen molar-refractivity contribution >= 4 is 17.7 Å². The number of hydrogen-bond acceptors (Lipinski definition) is 6. The molecule has 2 aromatic rings. The average Bonchev–Trinajstić information content (AvgIpc) is 2.94. The number of hydrogen-bond donors (Lipinski definition) is 0. The number of carbonyl (C=O) groups is 1. The number of unbranched alkanes of at least 4 members (excludes halogenated alkanes) is 1. The van der Waals surface area contributed by atoms with Crippen LogP contribution in [0.3, 0.4) is 0 Å². The first-order valence-corrected chi connectivity index (χ1v) is 7.87. The van der Waals surface area contributed by atoms with Gasteiger partial charge in [0.1, 0.15) is 5.75 Å². The van der Waals surface area contributed by atoms with Crippen molar-refractivity contribution in [2.75, 3.05) is 12.4 Å². The summed E-state index contributed by atoms with van der Waals surface area (Å²) in [6.07, 6.45) is 1.89. The van der Waals surface area contributed by atoms with Gasteiger partial charge in [0.15, 0.2) is 0 Å². The molecule has 0 N–H and O–H groups in total. The summed E-state index contributed by atoms with van der Waals surface area (Å²) in [7, 11) is 0. The summed E-state index contributed by atoms with van der Waals surface area (Å²) in [4.78, 5) is 11.5. The molecule has 1 aromatic carbocycles. The smallest absolute Gasteiger partial charge is 0.316 e. The molecule has 0 saturated heterocycles. The Balaban J connectivity index is 1.89. The van der Waals surface area contributed by atoms with Crippen LogP contribution in [-0.4, -0.2) is 28.5 Å². The van der Waals surface area contributed by atoms with Crippen LogP contribution in [0.25, 0.3) is 11.5 Å². The highest BCUT2D eigenvalue weighted by molar-refractivity contribution is 7.99. The molecule has 112 valence electrons. The molecule has 0 atom stereocenters. The average molecular weight is 306 g/mol. The molecule has 0 radical (unpaired) electrons. The second-order valence-corrected chi connectivity index (χ2v) is 5.48. The molecule has 5 nitrogen and oxygen atoms in total. The van der Waals surface area contributed by atoms with Crippen LogP contribution in [0.5, 0.6) is 0 Å². The van der Waals surface area contributed by atoms with Gasteiger partial charge in [-0.3, -0.25) is 4.79 Å². The maximum absolute atomic E-state index is 11.5. The SMILES string of the molecule is CCCCOC(=O)CSc1nnc(-c2ccccc2C)o1. The lowest BCUT2D eigenvalue weighted by molar-refractivity contribution is -0.140. The molecular formula is C15H18N2O3S. The second-order valence-electron chi connectivity index (χ2n) is 4.55. The van der Waals surface area contributed by atoms with Gasteiger partial charge in [-0.05, 0) is 25.0 Å². The normalized spacial score (nSPS) is 10.6. The van der Waals surface area contributed by atoms with Crippen molar-refractivity contribution < 1.29 is 13.9 Å². The molecule has 0 spiro atoms. The lowest BCUT2D eigenvalue weighted by Gasteiger charge is -2.01. The first-order valence-electron chi connectivity index (χ1n) is 6.88. The fraction of sp³-hybridized carbons (Fsp3) is 0.400. The van der Waals surface area contributed by atoms with Gasteiger partial charge in [-0.25, -0.2) is 0 Å². The monoisotopic (exact) mass is 306 g/mol. The lowest BCUT2D eigenvalue weighted by atomic mass is 10.1. The summed E-state index contributed by atoms with van der Waals surface area (Å²) in [5, 5.41) is 8.33. The van der Waals surface area contributed by atoms with Gasteiger partial charge in [-0.2, -0.15) is 0 Å². The Morgan fingerprint density at radius 3 is 2.90 bits per heavy atom. The van der Waals surface area contributed by atoms with Crippen LogP contribution >= 0.6 is 11.8 Å². The van der Waals surface area contributed by atoms with Crippen molar-refractivity contribution in [3.8, 4) is 11.5 Å². The van der Waals surface area contributed by atoms with Gasteiger partial charge >= 0.3 is 5.97 Å². The van der Waals surface area contributed by atoms with Crippen molar-refractivity contribution in [3.05, 3.63) is 29.8 Å². The number of carbonyl (C=O) groups excluding carboxylic acids is 1. The van der Waals surface area contributed by atoms with Gasteiger partial charge in [-0.1, -0.05) is 43.3 Å². The van der Waals surface area contributed by atoms with E-state index in [4.69, 9.17) is 9.15 Å². The molecule has 1 heterocycles. The number of thioether (sulfide) groups is 1. The van der Waals surface area contributed by atoms with E-state index >= 15 is 0 Å². The fourth-order valence-electron chi connectivity index (χ4n) is 1.68. The molecule has 21 heavy (non-hydrogen) atoms. The van der Waals surface area contributed by atoms with Crippen LogP contribution in [0.4, 0.5) is 0 Å². The molecule has 0 unspecified atom stereocenters.